The molecule has 8 heteroatoms. The van der Waals surface area contributed by atoms with Crippen molar-refractivity contribution in [1.82, 2.24) is 0 Å². The zero-order valence-electron chi connectivity index (χ0n) is 20.2. The van der Waals surface area contributed by atoms with E-state index in [0.29, 0.717) is 22.0 Å². The number of carbonyl (C=O) groups excluding carboxylic acids is 2. The van der Waals surface area contributed by atoms with Gasteiger partial charge in [-0.15, -0.1) is 0 Å². The maximum atomic E-state index is 13.4. The molecule has 6 nitrogen and oxygen atoms in total. The van der Waals surface area contributed by atoms with Gasteiger partial charge in [0.25, 0.3) is 11.7 Å². The second-order valence-electron chi connectivity index (χ2n) is 8.26. The topological polar surface area (TPSA) is 70.1 Å². The van der Waals surface area contributed by atoms with E-state index in [0.717, 1.165) is 18.8 Å². The summed E-state index contributed by atoms with van der Waals surface area (Å²) >= 11 is 12.2. The van der Waals surface area contributed by atoms with Crippen LogP contribution in [0.25, 0.3) is 5.76 Å². The number of benzene rings is 3. The minimum absolute atomic E-state index is 0.0311. The van der Waals surface area contributed by atoms with Crippen molar-refractivity contribution in [3.63, 3.8) is 0 Å². The Kier molecular flexibility index (Phi) is 7.57. The van der Waals surface area contributed by atoms with Gasteiger partial charge in [-0.2, -0.15) is 0 Å². The molecule has 0 aromatic heterocycles. The molecule has 0 saturated carbocycles. The number of ether oxygens (including phenoxy) is 1. The third-order valence-corrected chi connectivity index (χ3v) is 7.06. The average molecular weight is 525 g/mol. The number of carbonyl (C=O) groups is 2. The third kappa shape index (κ3) is 4.66. The van der Waals surface area contributed by atoms with Gasteiger partial charge in [0.15, 0.2) is 0 Å². The van der Waals surface area contributed by atoms with Gasteiger partial charge in [0.05, 0.1) is 28.8 Å². The van der Waals surface area contributed by atoms with E-state index in [9.17, 15) is 14.7 Å². The van der Waals surface area contributed by atoms with E-state index >= 15 is 0 Å². The van der Waals surface area contributed by atoms with E-state index in [1.807, 2.05) is 24.3 Å². The molecule has 1 heterocycles. The Bertz CT molecular complexity index is 1320. The van der Waals surface area contributed by atoms with Crippen molar-refractivity contribution in [3.8, 4) is 5.75 Å². The van der Waals surface area contributed by atoms with Crippen molar-refractivity contribution >= 4 is 52.0 Å². The predicted octanol–water partition coefficient (Wildman–Crippen LogP) is 6.47. The summed E-state index contributed by atoms with van der Waals surface area (Å²) in [6, 6.07) is 18.2. The van der Waals surface area contributed by atoms with Crippen LogP contribution in [0.2, 0.25) is 10.0 Å². The van der Waals surface area contributed by atoms with Crippen molar-refractivity contribution in [2.24, 2.45) is 0 Å². The number of anilines is 2. The maximum Gasteiger partial charge on any atom is 0.300 e. The molecule has 0 spiro atoms. The number of amides is 1. The second kappa shape index (κ2) is 10.6. The molecule has 36 heavy (non-hydrogen) atoms. The van der Waals surface area contributed by atoms with Crippen LogP contribution in [-0.2, 0) is 9.59 Å². The van der Waals surface area contributed by atoms with Gasteiger partial charge in [-0.3, -0.25) is 14.5 Å². The number of nitrogens with zero attached hydrogens (tertiary/aromatic N) is 2. The fraction of sp³-hybridized carbons (Fsp3) is 0.214. The van der Waals surface area contributed by atoms with E-state index < -0.39 is 17.7 Å². The fourth-order valence-electron chi connectivity index (χ4n) is 4.41. The molecule has 1 aliphatic heterocycles. The molecule has 1 atom stereocenters. The van der Waals surface area contributed by atoms with Gasteiger partial charge in [0, 0.05) is 30.0 Å². The van der Waals surface area contributed by atoms with Crippen molar-refractivity contribution in [2.45, 2.75) is 19.9 Å². The van der Waals surface area contributed by atoms with E-state index in [-0.39, 0.29) is 21.9 Å². The van der Waals surface area contributed by atoms with E-state index in [1.165, 1.54) is 17.0 Å². The fourth-order valence-corrected chi connectivity index (χ4v) is 4.71. The molecular weight excluding hydrogens is 499 g/mol. The first-order chi connectivity index (χ1) is 17.3. The van der Waals surface area contributed by atoms with Gasteiger partial charge in [-0.25, -0.2) is 0 Å². The van der Waals surface area contributed by atoms with Crippen LogP contribution in [0, 0.1) is 0 Å². The summed E-state index contributed by atoms with van der Waals surface area (Å²) in [4.78, 5) is 30.3. The first kappa shape index (κ1) is 25.6. The lowest BCUT2D eigenvalue weighted by Gasteiger charge is -2.27. The second-order valence-corrected chi connectivity index (χ2v) is 9.07. The monoisotopic (exact) mass is 524 g/mol. The van der Waals surface area contributed by atoms with Crippen LogP contribution in [0.3, 0.4) is 0 Å². The normalized spacial score (nSPS) is 16.9. The highest BCUT2D eigenvalue weighted by Gasteiger charge is 2.47. The van der Waals surface area contributed by atoms with Crippen LogP contribution in [0.4, 0.5) is 11.4 Å². The molecule has 1 amide bonds. The highest BCUT2D eigenvalue weighted by atomic mass is 35.5. The third-order valence-electron chi connectivity index (χ3n) is 6.33. The number of ketones is 1. The molecule has 4 rings (SSSR count). The largest absolute Gasteiger partial charge is 0.507 e. The molecule has 0 bridgehead atoms. The Labute approximate surface area is 220 Å². The van der Waals surface area contributed by atoms with Crippen LogP contribution in [0.1, 0.15) is 31.0 Å². The van der Waals surface area contributed by atoms with Crippen molar-refractivity contribution in [3.05, 3.63) is 93.5 Å². The lowest BCUT2D eigenvalue weighted by Crippen LogP contribution is -2.29. The Morgan fingerprint density at radius 1 is 0.944 bits per heavy atom. The van der Waals surface area contributed by atoms with Gasteiger partial charge in [0.1, 0.15) is 11.5 Å². The number of hydrogen-bond acceptors (Lipinski definition) is 5. The first-order valence-electron chi connectivity index (χ1n) is 11.6. The molecule has 1 N–H and O–H groups in total. The van der Waals surface area contributed by atoms with Gasteiger partial charge in [-0.05, 0) is 74.0 Å². The molecule has 186 valence electrons. The van der Waals surface area contributed by atoms with Crippen molar-refractivity contribution < 1.29 is 19.4 Å². The summed E-state index contributed by atoms with van der Waals surface area (Å²) in [5, 5.41) is 11.8. The van der Waals surface area contributed by atoms with Crippen molar-refractivity contribution in [2.75, 3.05) is 30.0 Å². The molecule has 1 unspecified atom stereocenters. The standard InChI is InChI=1S/C28H26Cl2N2O4/c1-4-31(5-2)19-9-11-20(12-10-19)32-25(17-6-13-21(36-3)14-7-17)24(27(34)28(32)35)26(33)18-8-15-22(29)23(30)16-18/h6-16,25,33H,4-5H2,1-3H3/b26-24-. The zero-order chi connectivity index (χ0) is 26.0. The molecule has 1 aliphatic rings. The van der Waals surface area contributed by atoms with Gasteiger partial charge >= 0.3 is 0 Å². The van der Waals surface area contributed by atoms with Gasteiger partial charge in [-0.1, -0.05) is 35.3 Å². The minimum atomic E-state index is -0.857. The summed E-state index contributed by atoms with van der Waals surface area (Å²) in [5.74, 6) is -1.21. The molecule has 1 fully saturated rings. The van der Waals surface area contributed by atoms with Crippen LogP contribution in [0.5, 0.6) is 5.75 Å². The van der Waals surface area contributed by atoms with Crippen LogP contribution in [0.15, 0.2) is 72.3 Å². The quantitative estimate of drug-likeness (QED) is 0.217. The number of hydrogen-bond donors (Lipinski definition) is 1. The van der Waals surface area contributed by atoms with Crippen LogP contribution in [-0.4, -0.2) is 37.0 Å². The number of rotatable bonds is 7. The van der Waals surface area contributed by atoms with E-state index in [1.54, 1.807) is 37.4 Å². The summed E-state index contributed by atoms with van der Waals surface area (Å²) in [5.41, 5.74) is 2.46. The highest BCUT2D eigenvalue weighted by molar-refractivity contribution is 6.51. The molecule has 0 aliphatic carbocycles. The van der Waals surface area contributed by atoms with Crippen LogP contribution < -0.4 is 14.5 Å². The molecule has 3 aromatic carbocycles. The number of Topliss-reactive ketones (excluding diaryl/α,β-unsaturated/α-hetero) is 1. The van der Waals surface area contributed by atoms with Crippen molar-refractivity contribution in [1.29, 1.82) is 0 Å². The molecular formula is C28H26Cl2N2O4. The number of methoxy groups -OCH3 is 1. The number of halogens is 2. The lowest BCUT2D eigenvalue weighted by molar-refractivity contribution is -0.132. The molecule has 0 radical (unpaired) electrons. The summed E-state index contributed by atoms with van der Waals surface area (Å²) in [6.45, 7) is 5.83. The molecule has 3 aromatic rings. The zero-order valence-corrected chi connectivity index (χ0v) is 21.7. The van der Waals surface area contributed by atoms with Gasteiger partial charge < -0.3 is 14.7 Å². The number of aliphatic hydroxyl groups is 1. The Morgan fingerprint density at radius 2 is 1.58 bits per heavy atom. The Hall–Kier alpha value is -3.48. The number of aliphatic hydroxyl groups excluding tert-OH is 1. The van der Waals surface area contributed by atoms with Gasteiger partial charge in [0.2, 0.25) is 0 Å². The predicted molar refractivity (Wildman–Crippen MR) is 144 cm³/mol. The summed E-state index contributed by atoms with van der Waals surface area (Å²) in [6.07, 6.45) is 0. The van der Waals surface area contributed by atoms with E-state index in [4.69, 9.17) is 27.9 Å². The Balaban J connectivity index is 1.88. The average Bonchev–Trinajstić information content (AvgIpc) is 3.16. The summed E-state index contributed by atoms with van der Waals surface area (Å²) < 4.78 is 5.27. The minimum Gasteiger partial charge on any atom is -0.507 e. The first-order valence-corrected chi connectivity index (χ1v) is 12.3. The Morgan fingerprint density at radius 3 is 2.14 bits per heavy atom. The SMILES string of the molecule is CCN(CC)c1ccc(N2C(=O)C(=O)/C(=C(\O)c3ccc(Cl)c(Cl)c3)C2c2ccc(OC)cc2)cc1. The highest BCUT2D eigenvalue weighted by Crippen LogP contribution is 2.43. The smallest absolute Gasteiger partial charge is 0.300 e. The maximum absolute atomic E-state index is 13.4. The molecule has 1 saturated heterocycles. The summed E-state index contributed by atoms with van der Waals surface area (Å²) in [7, 11) is 1.56. The lowest BCUT2D eigenvalue weighted by atomic mass is 9.95. The van der Waals surface area contributed by atoms with Crippen LogP contribution >= 0.6 is 23.2 Å². The van der Waals surface area contributed by atoms with E-state index in [2.05, 4.69) is 18.7 Å².